The third kappa shape index (κ3) is 9.54. The molecule has 3 N–H and O–H groups in total. The van der Waals surface area contributed by atoms with Gasteiger partial charge in [-0.15, -0.1) is 34.2 Å². The van der Waals surface area contributed by atoms with Crippen LogP contribution in [0, 0.1) is 0 Å². The molecule has 1 heterocycles. The number of halogens is 1. The van der Waals surface area contributed by atoms with Crippen LogP contribution in [0.15, 0.2) is 41.7 Å². The van der Waals surface area contributed by atoms with E-state index in [4.69, 9.17) is 0 Å². The van der Waals surface area contributed by atoms with Gasteiger partial charge < -0.3 is 15.2 Å². The number of aliphatic imine (C=N–C) groups is 1. The molecule has 1 aromatic heterocycles. The van der Waals surface area contributed by atoms with E-state index in [1.165, 1.54) is 0 Å². The molecule has 9 nitrogen and oxygen atoms in total. The van der Waals surface area contributed by atoms with Crippen molar-refractivity contribution in [1.82, 2.24) is 30.1 Å². The second kappa shape index (κ2) is 13.5. The van der Waals surface area contributed by atoms with Gasteiger partial charge in [0.15, 0.2) is 5.96 Å². The molecule has 0 unspecified atom stereocenters. The summed E-state index contributed by atoms with van der Waals surface area (Å²) in [5.74, 6) is 1.45. The predicted molar refractivity (Wildman–Crippen MR) is 126 cm³/mol. The Morgan fingerprint density at radius 2 is 1.93 bits per heavy atom. The van der Waals surface area contributed by atoms with Crippen LogP contribution >= 0.6 is 24.0 Å². The molecule has 0 saturated carbocycles. The first-order valence-corrected chi connectivity index (χ1v) is 11.1. The predicted octanol–water partition coefficient (Wildman–Crippen LogP) is 1.13. The fraction of sp³-hybridized carbons (Fsp3) is 0.500. The van der Waals surface area contributed by atoms with E-state index in [0.29, 0.717) is 25.6 Å². The molecule has 0 saturated heterocycles. The second-order valence-electron chi connectivity index (χ2n) is 6.11. The Bertz CT molecular complexity index is 841. The van der Waals surface area contributed by atoms with Gasteiger partial charge in [-0.05, 0) is 12.5 Å². The van der Waals surface area contributed by atoms with Crippen molar-refractivity contribution in [3.63, 3.8) is 0 Å². The van der Waals surface area contributed by atoms with Gasteiger partial charge in [-0.1, -0.05) is 37.3 Å². The number of aryl methyl sites for hydroxylation is 1. The lowest BCUT2D eigenvalue weighted by atomic mass is 10.2. The molecule has 0 aliphatic rings. The fourth-order valence-electron chi connectivity index (χ4n) is 2.51. The maximum absolute atomic E-state index is 12.1. The van der Waals surface area contributed by atoms with Gasteiger partial charge in [-0.25, -0.2) is 13.1 Å². The molecule has 2 aromatic rings. The Morgan fingerprint density at radius 1 is 1.17 bits per heavy atom. The van der Waals surface area contributed by atoms with Gasteiger partial charge in [0, 0.05) is 32.6 Å². The minimum Gasteiger partial charge on any atom is -0.357 e. The van der Waals surface area contributed by atoms with E-state index >= 15 is 0 Å². The minimum absolute atomic E-state index is 0. The molecular formula is C18H30IN7O2S. The van der Waals surface area contributed by atoms with Gasteiger partial charge in [-0.2, -0.15) is 0 Å². The molecule has 0 spiro atoms. The lowest BCUT2D eigenvalue weighted by Crippen LogP contribution is -2.39. The van der Waals surface area contributed by atoms with E-state index < -0.39 is 10.0 Å². The van der Waals surface area contributed by atoms with Crippen molar-refractivity contribution in [2.75, 3.05) is 25.4 Å². The summed E-state index contributed by atoms with van der Waals surface area (Å²) in [7, 11) is -3.39. The number of guanidine groups is 1. The summed E-state index contributed by atoms with van der Waals surface area (Å²) >= 11 is 0. The third-order valence-electron chi connectivity index (χ3n) is 3.97. The van der Waals surface area contributed by atoms with Crippen LogP contribution in [0.5, 0.6) is 0 Å². The summed E-state index contributed by atoms with van der Waals surface area (Å²) in [6, 6.07) is 9.42. The smallest absolute Gasteiger partial charge is 0.213 e. The van der Waals surface area contributed by atoms with Gasteiger partial charge in [-0.3, -0.25) is 4.99 Å². The number of sulfonamides is 1. The van der Waals surface area contributed by atoms with E-state index in [0.717, 1.165) is 17.8 Å². The Morgan fingerprint density at radius 3 is 2.62 bits per heavy atom. The average molecular weight is 535 g/mol. The average Bonchev–Trinajstić information content (AvgIpc) is 3.15. The molecule has 11 heteroatoms. The summed E-state index contributed by atoms with van der Waals surface area (Å²) in [5, 5.41) is 14.3. The molecular weight excluding hydrogens is 505 g/mol. The lowest BCUT2D eigenvalue weighted by Gasteiger charge is -2.12. The van der Waals surface area contributed by atoms with Crippen LogP contribution in [0.2, 0.25) is 0 Å². The van der Waals surface area contributed by atoms with Crippen molar-refractivity contribution in [1.29, 1.82) is 0 Å². The normalized spacial score (nSPS) is 11.7. The molecule has 0 fully saturated rings. The fourth-order valence-corrected chi connectivity index (χ4v) is 3.38. The number of aromatic nitrogens is 3. The largest absolute Gasteiger partial charge is 0.357 e. The first-order valence-electron chi connectivity index (χ1n) is 9.44. The summed E-state index contributed by atoms with van der Waals surface area (Å²) in [6.45, 7) is 6.48. The molecule has 0 bridgehead atoms. The van der Waals surface area contributed by atoms with E-state index in [-0.39, 0.29) is 42.8 Å². The van der Waals surface area contributed by atoms with Gasteiger partial charge >= 0.3 is 0 Å². The lowest BCUT2D eigenvalue weighted by molar-refractivity contribution is 0.581. The molecule has 0 radical (unpaired) electrons. The first kappa shape index (κ1) is 25.3. The minimum atomic E-state index is -3.39. The van der Waals surface area contributed by atoms with Gasteiger partial charge in [0.05, 0.1) is 12.3 Å². The van der Waals surface area contributed by atoms with E-state index in [2.05, 4.69) is 30.5 Å². The quantitative estimate of drug-likeness (QED) is 0.226. The van der Waals surface area contributed by atoms with Crippen LogP contribution in [0.3, 0.4) is 0 Å². The van der Waals surface area contributed by atoms with Crippen LogP contribution in [-0.2, 0) is 29.5 Å². The SMILES string of the molecule is CCNC(=NCCS(=O)(=O)NCc1ccccc1)NCCn1cnnc1CC.I. The van der Waals surface area contributed by atoms with Crippen molar-refractivity contribution >= 4 is 40.0 Å². The maximum Gasteiger partial charge on any atom is 0.213 e. The molecule has 162 valence electrons. The van der Waals surface area contributed by atoms with Gasteiger partial charge in [0.2, 0.25) is 10.0 Å². The zero-order valence-corrected chi connectivity index (χ0v) is 20.0. The van der Waals surface area contributed by atoms with Crippen LogP contribution in [0.1, 0.15) is 25.2 Å². The number of nitrogens with zero attached hydrogens (tertiary/aromatic N) is 4. The van der Waals surface area contributed by atoms with Gasteiger partial charge in [0.25, 0.3) is 0 Å². The molecule has 0 atom stereocenters. The molecule has 0 aliphatic heterocycles. The van der Waals surface area contributed by atoms with Crippen LogP contribution in [0.25, 0.3) is 0 Å². The topological polar surface area (TPSA) is 113 Å². The molecule has 1 aromatic carbocycles. The Hall–Kier alpha value is -1.73. The number of hydrogen-bond acceptors (Lipinski definition) is 5. The van der Waals surface area contributed by atoms with Crippen molar-refractivity contribution in [3.05, 3.63) is 48.0 Å². The van der Waals surface area contributed by atoms with Crippen molar-refractivity contribution in [3.8, 4) is 0 Å². The van der Waals surface area contributed by atoms with Crippen LogP contribution in [0.4, 0.5) is 0 Å². The highest BCUT2D eigenvalue weighted by Gasteiger charge is 2.09. The third-order valence-corrected chi connectivity index (χ3v) is 5.27. The highest BCUT2D eigenvalue weighted by molar-refractivity contribution is 14.0. The Labute approximate surface area is 189 Å². The number of rotatable bonds is 11. The summed E-state index contributed by atoms with van der Waals surface area (Å²) in [5.41, 5.74) is 0.921. The molecule has 0 aliphatic carbocycles. The van der Waals surface area contributed by atoms with Crippen molar-refractivity contribution < 1.29 is 8.42 Å². The molecule has 2 rings (SSSR count). The Kier molecular flexibility index (Phi) is 11.8. The monoisotopic (exact) mass is 535 g/mol. The van der Waals surface area contributed by atoms with E-state index in [1.807, 2.05) is 48.7 Å². The molecule has 0 amide bonds. The molecule has 29 heavy (non-hydrogen) atoms. The van der Waals surface area contributed by atoms with Crippen molar-refractivity contribution in [2.24, 2.45) is 4.99 Å². The number of benzene rings is 1. The standard InChI is InChI=1S/C18H29N7O2S.HI/c1-3-17-24-22-15-25(17)12-10-20-18(19-4-2)21-11-13-28(26,27)23-14-16-8-6-5-7-9-16;/h5-9,15,23H,3-4,10-14H2,1-2H3,(H2,19,20,21);1H. The number of nitrogens with one attached hydrogen (secondary N) is 3. The summed E-state index contributed by atoms with van der Waals surface area (Å²) < 4.78 is 28.9. The number of hydrogen-bond donors (Lipinski definition) is 3. The van der Waals surface area contributed by atoms with Crippen LogP contribution < -0.4 is 15.4 Å². The van der Waals surface area contributed by atoms with Crippen molar-refractivity contribution in [2.45, 2.75) is 33.4 Å². The Balaban J connectivity index is 0.00000420. The highest BCUT2D eigenvalue weighted by atomic mass is 127. The van der Waals surface area contributed by atoms with Gasteiger partial charge in [0.1, 0.15) is 12.2 Å². The van der Waals surface area contributed by atoms with Crippen LogP contribution in [-0.4, -0.2) is 54.5 Å². The first-order chi connectivity index (χ1) is 13.5. The summed E-state index contributed by atoms with van der Waals surface area (Å²) in [4.78, 5) is 4.35. The zero-order chi connectivity index (χ0) is 20.2. The summed E-state index contributed by atoms with van der Waals surface area (Å²) in [6.07, 6.45) is 2.53. The zero-order valence-electron chi connectivity index (χ0n) is 16.8. The second-order valence-corrected chi connectivity index (χ2v) is 8.03. The van der Waals surface area contributed by atoms with E-state index in [9.17, 15) is 8.42 Å². The highest BCUT2D eigenvalue weighted by Crippen LogP contribution is 1.99. The van der Waals surface area contributed by atoms with E-state index in [1.54, 1.807) is 6.33 Å². The maximum atomic E-state index is 12.1.